The van der Waals surface area contributed by atoms with Crippen LogP contribution in [0.15, 0.2) is 23.1 Å². The van der Waals surface area contributed by atoms with E-state index < -0.39 is 10.0 Å². The van der Waals surface area contributed by atoms with Gasteiger partial charge >= 0.3 is 0 Å². The number of fused-ring (bicyclic) bond motifs is 2. The third-order valence-corrected chi connectivity index (χ3v) is 10.3. The van der Waals surface area contributed by atoms with E-state index in [1.54, 1.807) is 6.07 Å². The Labute approximate surface area is 178 Å². The summed E-state index contributed by atoms with van der Waals surface area (Å²) in [6, 6.07) is 4.59. The fourth-order valence-electron chi connectivity index (χ4n) is 5.43. The van der Waals surface area contributed by atoms with Crippen LogP contribution in [0.25, 0.3) is 0 Å². The fourth-order valence-corrected chi connectivity index (χ4v) is 7.34. The van der Waals surface area contributed by atoms with Crippen LogP contribution in [-0.2, 0) is 14.8 Å². The molecule has 0 spiro atoms. The summed E-state index contributed by atoms with van der Waals surface area (Å²) >= 11 is 6.22. The Morgan fingerprint density at radius 1 is 1.24 bits per heavy atom. The highest BCUT2D eigenvalue weighted by Crippen LogP contribution is 2.65. The molecule has 1 N–H and O–H groups in total. The van der Waals surface area contributed by atoms with Gasteiger partial charge in [0, 0.05) is 24.7 Å². The second kappa shape index (κ2) is 7.22. The van der Waals surface area contributed by atoms with Gasteiger partial charge in [0.05, 0.1) is 18.2 Å². The van der Waals surface area contributed by atoms with Crippen LogP contribution in [0.5, 0.6) is 0 Å². The van der Waals surface area contributed by atoms with E-state index in [2.05, 4.69) is 26.1 Å². The van der Waals surface area contributed by atoms with E-state index in [-0.39, 0.29) is 45.8 Å². The van der Waals surface area contributed by atoms with Gasteiger partial charge in [-0.05, 0) is 54.2 Å². The van der Waals surface area contributed by atoms with Crippen molar-refractivity contribution in [3.05, 3.63) is 28.8 Å². The van der Waals surface area contributed by atoms with Gasteiger partial charge in [-0.1, -0.05) is 32.4 Å². The second-order valence-corrected chi connectivity index (χ2v) is 11.6. The van der Waals surface area contributed by atoms with Gasteiger partial charge in [-0.2, -0.15) is 4.31 Å². The van der Waals surface area contributed by atoms with E-state index in [4.69, 9.17) is 16.3 Å². The molecule has 8 heteroatoms. The predicted octanol–water partition coefficient (Wildman–Crippen LogP) is 3.31. The van der Waals surface area contributed by atoms with Crippen LogP contribution >= 0.6 is 11.6 Å². The van der Waals surface area contributed by atoms with Crippen LogP contribution in [0.1, 0.15) is 50.4 Å². The van der Waals surface area contributed by atoms with E-state index in [9.17, 15) is 13.2 Å². The molecule has 1 amide bonds. The van der Waals surface area contributed by atoms with Crippen molar-refractivity contribution in [2.45, 2.75) is 51.0 Å². The Morgan fingerprint density at radius 2 is 1.93 bits per heavy atom. The van der Waals surface area contributed by atoms with E-state index in [0.29, 0.717) is 24.7 Å². The first-order valence-electron chi connectivity index (χ1n) is 10.3. The van der Waals surface area contributed by atoms with Crippen LogP contribution in [0, 0.1) is 16.7 Å². The number of carbonyl (C=O) groups excluding carboxylic acids is 1. The van der Waals surface area contributed by atoms with Gasteiger partial charge in [0.2, 0.25) is 10.0 Å². The van der Waals surface area contributed by atoms with E-state index in [1.165, 1.54) is 22.9 Å². The summed E-state index contributed by atoms with van der Waals surface area (Å²) in [4.78, 5) is 13.0. The molecule has 1 aromatic carbocycles. The Hall–Kier alpha value is -1.15. The lowest BCUT2D eigenvalue weighted by Crippen LogP contribution is -2.47. The van der Waals surface area contributed by atoms with Crippen molar-refractivity contribution in [2.24, 2.45) is 16.7 Å². The number of rotatable bonds is 4. The van der Waals surface area contributed by atoms with Crippen molar-refractivity contribution < 1.29 is 17.9 Å². The smallest absolute Gasteiger partial charge is 0.251 e. The van der Waals surface area contributed by atoms with Gasteiger partial charge < -0.3 is 10.1 Å². The molecule has 3 atom stereocenters. The van der Waals surface area contributed by atoms with Crippen LogP contribution < -0.4 is 5.32 Å². The summed E-state index contributed by atoms with van der Waals surface area (Å²) in [5.41, 5.74) is 0.573. The number of nitrogens with one attached hydrogen (secondary N) is 1. The van der Waals surface area contributed by atoms with E-state index in [1.807, 2.05) is 0 Å². The van der Waals surface area contributed by atoms with Crippen LogP contribution in [0.3, 0.4) is 0 Å². The van der Waals surface area contributed by atoms with Gasteiger partial charge in [-0.15, -0.1) is 0 Å². The minimum atomic E-state index is -3.77. The number of carbonyl (C=O) groups is 1. The summed E-state index contributed by atoms with van der Waals surface area (Å²) in [5.74, 6) is 0.370. The molecule has 160 valence electrons. The molecule has 1 aliphatic heterocycles. The molecule has 29 heavy (non-hydrogen) atoms. The summed E-state index contributed by atoms with van der Waals surface area (Å²) in [6.07, 6.45) is 3.29. The topological polar surface area (TPSA) is 75.7 Å². The lowest BCUT2D eigenvalue weighted by molar-refractivity contribution is 0.0730. The van der Waals surface area contributed by atoms with Gasteiger partial charge in [0.25, 0.3) is 5.91 Å². The van der Waals surface area contributed by atoms with E-state index in [0.717, 1.165) is 12.8 Å². The van der Waals surface area contributed by atoms with Crippen LogP contribution in [0.2, 0.25) is 5.02 Å². The largest absolute Gasteiger partial charge is 0.379 e. The Balaban J connectivity index is 1.57. The molecule has 3 fully saturated rings. The van der Waals surface area contributed by atoms with Gasteiger partial charge in [-0.3, -0.25) is 4.79 Å². The molecule has 1 heterocycles. The monoisotopic (exact) mass is 440 g/mol. The van der Waals surface area contributed by atoms with Gasteiger partial charge in [0.1, 0.15) is 4.90 Å². The van der Waals surface area contributed by atoms with Crippen molar-refractivity contribution in [1.29, 1.82) is 0 Å². The van der Waals surface area contributed by atoms with Crippen molar-refractivity contribution in [3.63, 3.8) is 0 Å². The van der Waals surface area contributed by atoms with Crippen molar-refractivity contribution in [2.75, 3.05) is 26.3 Å². The number of amides is 1. The summed E-state index contributed by atoms with van der Waals surface area (Å²) < 4.78 is 32.6. The zero-order valence-electron chi connectivity index (χ0n) is 17.2. The molecule has 1 aromatic rings. The molecule has 3 aliphatic rings. The maximum Gasteiger partial charge on any atom is 0.251 e. The lowest BCUT2D eigenvalue weighted by atomic mass is 9.69. The minimum absolute atomic E-state index is 0.0202. The molecule has 0 aromatic heterocycles. The Bertz CT molecular complexity index is 927. The molecule has 6 nitrogen and oxygen atoms in total. The number of sulfonamides is 1. The number of hydrogen-bond donors (Lipinski definition) is 1. The van der Waals surface area contributed by atoms with Crippen LogP contribution in [-0.4, -0.2) is 51.0 Å². The highest BCUT2D eigenvalue weighted by molar-refractivity contribution is 7.89. The third kappa shape index (κ3) is 3.30. The van der Waals surface area contributed by atoms with Crippen LogP contribution in [0.4, 0.5) is 0 Å². The zero-order valence-corrected chi connectivity index (χ0v) is 18.8. The molecule has 2 bridgehead atoms. The number of halogens is 1. The predicted molar refractivity (Wildman–Crippen MR) is 112 cm³/mol. The quantitative estimate of drug-likeness (QED) is 0.779. The molecule has 0 radical (unpaired) electrons. The Morgan fingerprint density at radius 3 is 2.52 bits per heavy atom. The second-order valence-electron chi connectivity index (χ2n) is 9.30. The number of benzene rings is 1. The first-order valence-corrected chi connectivity index (χ1v) is 12.1. The lowest BCUT2D eigenvalue weighted by Gasteiger charge is -2.39. The molecule has 1 saturated heterocycles. The number of morpholine rings is 1. The van der Waals surface area contributed by atoms with Crippen molar-refractivity contribution in [3.8, 4) is 0 Å². The summed E-state index contributed by atoms with van der Waals surface area (Å²) in [6.45, 7) is 8.14. The highest BCUT2D eigenvalue weighted by Gasteiger charge is 2.61. The average Bonchev–Trinajstić information content (AvgIpc) is 3.02. The number of hydrogen-bond acceptors (Lipinski definition) is 4. The first-order chi connectivity index (χ1) is 13.6. The third-order valence-electron chi connectivity index (χ3n) is 7.88. The summed E-state index contributed by atoms with van der Waals surface area (Å²) in [5, 5.41) is 3.32. The standard InChI is InChI=1S/C21H29ClN2O4S/c1-20(2)15-6-7-21(20,3)18(13-15)23-19(25)14-4-5-16(22)17(12-14)29(26,27)24-8-10-28-11-9-24/h4-5,12,15,18H,6-11,13H2,1-3H3,(H,23,25). The number of nitrogens with zero attached hydrogens (tertiary/aromatic N) is 1. The van der Waals surface area contributed by atoms with Crippen molar-refractivity contribution >= 4 is 27.5 Å². The normalized spacial score (nSPS) is 31.7. The highest BCUT2D eigenvalue weighted by atomic mass is 35.5. The molecule has 2 aliphatic carbocycles. The molecule has 2 saturated carbocycles. The molecule has 3 unspecified atom stereocenters. The first kappa shape index (κ1) is 21.1. The average molecular weight is 441 g/mol. The molecular weight excluding hydrogens is 412 g/mol. The maximum atomic E-state index is 13.0. The number of ether oxygens (including phenoxy) is 1. The SMILES string of the molecule is CC1(C)C2CCC1(C)C(NC(=O)c1ccc(Cl)c(S(=O)(=O)N3CCOCC3)c1)C2. The summed E-state index contributed by atoms with van der Waals surface area (Å²) in [7, 11) is -3.77. The molecular formula is C21H29ClN2O4S. The van der Waals surface area contributed by atoms with Gasteiger partial charge in [0.15, 0.2) is 0 Å². The maximum absolute atomic E-state index is 13.0. The minimum Gasteiger partial charge on any atom is -0.379 e. The van der Waals surface area contributed by atoms with Crippen molar-refractivity contribution in [1.82, 2.24) is 9.62 Å². The Kier molecular flexibility index (Phi) is 5.25. The molecule has 4 rings (SSSR count). The van der Waals surface area contributed by atoms with Gasteiger partial charge in [-0.25, -0.2) is 8.42 Å². The fraction of sp³-hybridized carbons (Fsp3) is 0.667. The van der Waals surface area contributed by atoms with E-state index >= 15 is 0 Å². The zero-order chi connectivity index (χ0) is 21.0.